The Morgan fingerprint density at radius 2 is 1.91 bits per heavy atom. The Hall–Kier alpha value is -3.50. The number of nitrogens with zero attached hydrogens (tertiary/aromatic N) is 3. The number of benzene rings is 2. The molecule has 2 aromatic rings. The van der Waals surface area contributed by atoms with Crippen LogP contribution < -0.4 is 10.2 Å². The SMILES string of the molecule is CC(=O)NCC1CN(c2ccc(-c3ccc(C(O)CN4CCN(C=O)CC4)cc3)c(F)c2)C(=O)O1. The number of carbonyl (C=O) groups is 3. The molecule has 10 heteroatoms. The standard InChI is InChI=1S/C25H29FN4O5/c1-17(32)27-13-21-14-30(25(34)35-21)20-6-7-22(23(26)12-20)18-2-4-19(5-3-18)24(33)15-28-8-10-29(16-31)11-9-28/h2-7,12,16,21,24,33H,8-11,13-15H2,1H3,(H,27,32). The lowest BCUT2D eigenvalue weighted by molar-refractivity contribution is -0.120. The molecule has 2 N–H and O–H groups in total. The lowest BCUT2D eigenvalue weighted by Gasteiger charge is -2.33. The zero-order chi connectivity index (χ0) is 24.9. The molecule has 35 heavy (non-hydrogen) atoms. The molecule has 2 unspecified atom stereocenters. The van der Waals surface area contributed by atoms with Crippen molar-refractivity contribution in [1.29, 1.82) is 0 Å². The van der Waals surface area contributed by atoms with Crippen LogP contribution in [0, 0.1) is 5.82 Å². The maximum absolute atomic E-state index is 15.0. The number of β-amino-alcohol motifs (C(OH)–C–C–N with tert-alkyl or cyclic N) is 1. The van der Waals surface area contributed by atoms with E-state index >= 15 is 0 Å². The van der Waals surface area contributed by atoms with E-state index in [0.29, 0.717) is 49.5 Å². The molecule has 2 fully saturated rings. The van der Waals surface area contributed by atoms with Crippen LogP contribution in [0.4, 0.5) is 14.9 Å². The van der Waals surface area contributed by atoms with E-state index in [1.54, 1.807) is 41.3 Å². The topological polar surface area (TPSA) is 102 Å². The summed E-state index contributed by atoms with van der Waals surface area (Å²) < 4.78 is 20.2. The number of amides is 3. The maximum Gasteiger partial charge on any atom is 0.414 e. The molecule has 0 aliphatic carbocycles. The number of piperazine rings is 1. The fourth-order valence-corrected chi connectivity index (χ4v) is 4.29. The van der Waals surface area contributed by atoms with Crippen LogP contribution in [-0.4, -0.2) is 85.2 Å². The summed E-state index contributed by atoms with van der Waals surface area (Å²) in [6.45, 7) is 4.98. The molecule has 4 rings (SSSR count). The van der Waals surface area contributed by atoms with Crippen molar-refractivity contribution in [2.24, 2.45) is 0 Å². The van der Waals surface area contributed by atoms with Crippen LogP contribution in [0.3, 0.4) is 0 Å². The molecule has 0 aromatic heterocycles. The van der Waals surface area contributed by atoms with Crippen LogP contribution in [-0.2, 0) is 14.3 Å². The van der Waals surface area contributed by atoms with Crippen molar-refractivity contribution in [3.05, 3.63) is 53.8 Å². The quantitative estimate of drug-likeness (QED) is 0.554. The summed E-state index contributed by atoms with van der Waals surface area (Å²) in [6, 6.07) is 11.6. The van der Waals surface area contributed by atoms with E-state index in [-0.39, 0.29) is 19.0 Å². The van der Waals surface area contributed by atoms with E-state index in [0.717, 1.165) is 12.0 Å². The molecular formula is C25H29FN4O5. The summed E-state index contributed by atoms with van der Waals surface area (Å²) in [7, 11) is 0. The number of anilines is 1. The second kappa shape index (κ2) is 10.8. The molecule has 2 aromatic carbocycles. The van der Waals surface area contributed by atoms with Gasteiger partial charge in [0.25, 0.3) is 0 Å². The Kier molecular flexibility index (Phi) is 7.62. The molecule has 0 saturated carbocycles. The van der Waals surface area contributed by atoms with Gasteiger partial charge >= 0.3 is 6.09 Å². The third kappa shape index (κ3) is 5.95. The van der Waals surface area contributed by atoms with E-state index in [1.165, 1.54) is 17.9 Å². The van der Waals surface area contributed by atoms with Crippen molar-refractivity contribution in [1.82, 2.24) is 15.1 Å². The van der Waals surface area contributed by atoms with Gasteiger partial charge in [0.05, 0.1) is 24.9 Å². The predicted octanol–water partition coefficient (Wildman–Crippen LogP) is 1.76. The molecule has 2 aliphatic rings. The van der Waals surface area contributed by atoms with Crippen LogP contribution in [0.25, 0.3) is 11.1 Å². The van der Waals surface area contributed by atoms with E-state index in [4.69, 9.17) is 4.74 Å². The number of cyclic esters (lactones) is 1. The van der Waals surface area contributed by atoms with Gasteiger partial charge in [-0.1, -0.05) is 24.3 Å². The van der Waals surface area contributed by atoms with Crippen LogP contribution >= 0.6 is 0 Å². The average molecular weight is 485 g/mol. The first kappa shape index (κ1) is 24.6. The zero-order valence-corrected chi connectivity index (χ0v) is 19.5. The van der Waals surface area contributed by atoms with Crippen LogP contribution in [0.5, 0.6) is 0 Å². The molecule has 0 spiro atoms. The minimum absolute atomic E-state index is 0.200. The van der Waals surface area contributed by atoms with Gasteiger partial charge in [-0.2, -0.15) is 0 Å². The highest BCUT2D eigenvalue weighted by Crippen LogP contribution is 2.30. The lowest BCUT2D eigenvalue weighted by atomic mass is 10.0. The first-order valence-corrected chi connectivity index (χ1v) is 11.6. The second-order valence-corrected chi connectivity index (χ2v) is 8.80. The summed E-state index contributed by atoms with van der Waals surface area (Å²) in [5, 5.41) is 13.2. The smallest absolute Gasteiger partial charge is 0.414 e. The number of rotatable bonds is 8. The number of nitrogens with one attached hydrogen (secondary N) is 1. The van der Waals surface area contributed by atoms with Crippen molar-refractivity contribution in [2.75, 3.05) is 50.7 Å². The predicted molar refractivity (Wildman–Crippen MR) is 127 cm³/mol. The fourth-order valence-electron chi connectivity index (χ4n) is 4.29. The van der Waals surface area contributed by atoms with Gasteiger partial charge in [-0.15, -0.1) is 0 Å². The Balaban J connectivity index is 1.38. The third-order valence-corrected chi connectivity index (χ3v) is 6.31. The zero-order valence-electron chi connectivity index (χ0n) is 19.5. The first-order chi connectivity index (χ1) is 16.8. The van der Waals surface area contributed by atoms with Crippen molar-refractivity contribution >= 4 is 24.1 Å². The number of ether oxygens (including phenoxy) is 1. The summed E-state index contributed by atoms with van der Waals surface area (Å²) in [6.07, 6.45) is -0.925. The summed E-state index contributed by atoms with van der Waals surface area (Å²) in [4.78, 5) is 39.3. The van der Waals surface area contributed by atoms with E-state index in [1.807, 2.05) is 0 Å². The Bertz CT molecular complexity index is 1070. The molecule has 2 atom stereocenters. The highest BCUT2D eigenvalue weighted by molar-refractivity contribution is 5.90. The monoisotopic (exact) mass is 484 g/mol. The Labute approximate surface area is 203 Å². The molecule has 0 radical (unpaired) electrons. The number of hydrogen-bond donors (Lipinski definition) is 2. The third-order valence-electron chi connectivity index (χ3n) is 6.31. The summed E-state index contributed by atoms with van der Waals surface area (Å²) in [5.41, 5.74) is 2.14. The van der Waals surface area contributed by atoms with Gasteiger partial charge in [-0.05, 0) is 29.3 Å². The largest absolute Gasteiger partial charge is 0.442 e. The van der Waals surface area contributed by atoms with Crippen LogP contribution in [0.15, 0.2) is 42.5 Å². The first-order valence-electron chi connectivity index (χ1n) is 11.6. The Morgan fingerprint density at radius 3 is 2.54 bits per heavy atom. The Morgan fingerprint density at radius 1 is 1.20 bits per heavy atom. The van der Waals surface area contributed by atoms with Gasteiger partial charge in [0.1, 0.15) is 11.9 Å². The highest BCUT2D eigenvalue weighted by Gasteiger charge is 2.32. The van der Waals surface area contributed by atoms with E-state index < -0.39 is 24.1 Å². The van der Waals surface area contributed by atoms with Gasteiger partial charge in [0.2, 0.25) is 12.3 Å². The second-order valence-electron chi connectivity index (χ2n) is 8.80. The molecule has 9 nitrogen and oxygen atoms in total. The van der Waals surface area contributed by atoms with E-state index in [9.17, 15) is 23.9 Å². The van der Waals surface area contributed by atoms with Gasteiger partial charge in [-0.3, -0.25) is 19.4 Å². The van der Waals surface area contributed by atoms with Crippen molar-refractivity contribution < 1.29 is 28.6 Å². The number of aliphatic hydroxyl groups excluding tert-OH is 1. The molecule has 0 bridgehead atoms. The summed E-state index contributed by atoms with van der Waals surface area (Å²) >= 11 is 0. The molecular weight excluding hydrogens is 455 g/mol. The minimum atomic E-state index is -0.689. The van der Waals surface area contributed by atoms with Gasteiger partial charge in [0, 0.05) is 45.2 Å². The van der Waals surface area contributed by atoms with Gasteiger partial charge in [-0.25, -0.2) is 9.18 Å². The number of aliphatic hydroxyl groups is 1. The number of halogens is 1. The van der Waals surface area contributed by atoms with Crippen molar-refractivity contribution in [3.63, 3.8) is 0 Å². The van der Waals surface area contributed by atoms with Crippen LogP contribution in [0.1, 0.15) is 18.6 Å². The van der Waals surface area contributed by atoms with Gasteiger partial charge in [0.15, 0.2) is 0 Å². The molecule has 2 heterocycles. The normalized spacial score (nSPS) is 19.4. The van der Waals surface area contributed by atoms with Gasteiger partial charge < -0.3 is 20.1 Å². The molecule has 2 aliphatic heterocycles. The summed E-state index contributed by atoms with van der Waals surface area (Å²) in [5.74, 6) is -0.701. The fraction of sp³-hybridized carbons (Fsp3) is 0.400. The van der Waals surface area contributed by atoms with Crippen molar-refractivity contribution in [3.8, 4) is 11.1 Å². The maximum atomic E-state index is 15.0. The minimum Gasteiger partial charge on any atom is -0.442 e. The molecule has 186 valence electrons. The van der Waals surface area contributed by atoms with Crippen LogP contribution in [0.2, 0.25) is 0 Å². The average Bonchev–Trinajstić information content (AvgIpc) is 3.23. The highest BCUT2D eigenvalue weighted by atomic mass is 19.1. The lowest BCUT2D eigenvalue weighted by Crippen LogP contribution is -2.46. The van der Waals surface area contributed by atoms with E-state index in [2.05, 4.69) is 10.2 Å². The molecule has 2 saturated heterocycles. The van der Waals surface area contributed by atoms with Crippen molar-refractivity contribution in [2.45, 2.75) is 19.1 Å². The number of carbonyl (C=O) groups excluding carboxylic acids is 3. The number of hydrogen-bond acceptors (Lipinski definition) is 6. The molecule has 3 amide bonds.